The minimum Gasteiger partial charge on any atom is -0.481 e. The molecule has 0 fully saturated rings. The largest absolute Gasteiger partial charge is 0.481 e. The Morgan fingerprint density at radius 3 is 2.33 bits per heavy atom. The minimum absolute atomic E-state index is 0.0191. The second-order valence-electron chi connectivity index (χ2n) is 4.67. The van der Waals surface area contributed by atoms with Crippen LogP contribution in [0.1, 0.15) is 37.0 Å². The van der Waals surface area contributed by atoms with Gasteiger partial charge in [0.25, 0.3) is 5.91 Å². The summed E-state index contributed by atoms with van der Waals surface area (Å²) in [5, 5.41) is 18.2. The summed E-state index contributed by atoms with van der Waals surface area (Å²) >= 11 is 0.846. The van der Waals surface area contributed by atoms with Gasteiger partial charge in [-0.2, -0.15) is 0 Å². The van der Waals surface area contributed by atoms with Gasteiger partial charge in [0.15, 0.2) is 0 Å². The molecule has 0 radical (unpaired) electrons. The summed E-state index contributed by atoms with van der Waals surface area (Å²) in [5.41, 5.74) is -0.871. The van der Waals surface area contributed by atoms with Crippen molar-refractivity contribution in [2.24, 2.45) is 10.6 Å². The van der Waals surface area contributed by atoms with Gasteiger partial charge >= 0.3 is 5.97 Å². The highest BCUT2D eigenvalue weighted by molar-refractivity contribution is 7.91. The first-order chi connectivity index (χ1) is 9.66. The number of thiophene rings is 1. The molecule has 0 aromatic carbocycles. The van der Waals surface area contributed by atoms with Crippen LogP contribution in [0, 0.1) is 5.41 Å². The standard InChI is InChI=1S/C12H18N2O5S2/c1-3-12(4-2,11(16)17)7-14-10(15)8-5-9(20-6-8)21(13,18)19/h5-6H,3-4,7H2,1-2H3,(H,14,15)(H,16,17)(H2,13,18,19). The minimum atomic E-state index is -3.84. The SMILES string of the molecule is CCC(CC)(CNC(=O)c1csc(S(N)(=O)=O)c1)C(=O)O. The number of nitrogens with two attached hydrogens (primary N) is 1. The third kappa shape index (κ3) is 4.02. The van der Waals surface area contributed by atoms with E-state index in [9.17, 15) is 23.1 Å². The Kier molecular flexibility index (Phi) is 5.48. The van der Waals surface area contributed by atoms with Crippen molar-refractivity contribution in [1.29, 1.82) is 0 Å². The molecule has 0 aliphatic heterocycles. The van der Waals surface area contributed by atoms with Crippen molar-refractivity contribution >= 4 is 33.2 Å². The van der Waals surface area contributed by atoms with Crippen molar-refractivity contribution in [3.63, 3.8) is 0 Å². The number of carbonyl (C=O) groups excluding carboxylic acids is 1. The second kappa shape index (κ2) is 6.54. The maximum atomic E-state index is 12.0. The Morgan fingerprint density at radius 1 is 1.38 bits per heavy atom. The molecule has 118 valence electrons. The number of primary sulfonamides is 1. The summed E-state index contributed by atoms with van der Waals surface area (Å²) in [6.45, 7) is 3.47. The molecule has 0 aliphatic carbocycles. The zero-order valence-corrected chi connectivity index (χ0v) is 13.4. The fourth-order valence-electron chi connectivity index (χ4n) is 1.81. The Bertz CT molecular complexity index is 632. The van der Waals surface area contributed by atoms with Gasteiger partial charge in [-0.15, -0.1) is 11.3 Å². The molecule has 1 aromatic heterocycles. The van der Waals surface area contributed by atoms with Crippen LogP contribution in [-0.4, -0.2) is 31.9 Å². The van der Waals surface area contributed by atoms with Gasteiger partial charge in [-0.3, -0.25) is 9.59 Å². The molecule has 4 N–H and O–H groups in total. The number of nitrogens with one attached hydrogen (secondary N) is 1. The predicted octanol–water partition coefficient (Wildman–Crippen LogP) is 1.02. The highest BCUT2D eigenvalue weighted by atomic mass is 32.2. The van der Waals surface area contributed by atoms with Gasteiger partial charge in [0, 0.05) is 11.9 Å². The molecule has 0 unspecified atom stereocenters. The first-order valence-corrected chi connectivity index (χ1v) is 8.72. The Labute approximate surface area is 127 Å². The molecular formula is C12H18N2O5S2. The fourth-order valence-corrected chi connectivity index (χ4v) is 3.40. The molecular weight excluding hydrogens is 316 g/mol. The molecule has 1 aromatic rings. The highest BCUT2D eigenvalue weighted by Crippen LogP contribution is 2.26. The van der Waals surface area contributed by atoms with E-state index in [1.54, 1.807) is 13.8 Å². The van der Waals surface area contributed by atoms with Crippen LogP contribution in [0.3, 0.4) is 0 Å². The lowest BCUT2D eigenvalue weighted by Gasteiger charge is -2.26. The third-order valence-electron chi connectivity index (χ3n) is 3.51. The van der Waals surface area contributed by atoms with Gasteiger partial charge in [0.1, 0.15) is 4.21 Å². The van der Waals surface area contributed by atoms with Crippen LogP contribution in [-0.2, 0) is 14.8 Å². The topological polar surface area (TPSA) is 127 Å². The van der Waals surface area contributed by atoms with E-state index in [4.69, 9.17) is 5.14 Å². The molecule has 0 aliphatic rings. The number of sulfonamides is 1. The average molecular weight is 334 g/mol. The van der Waals surface area contributed by atoms with Gasteiger partial charge in [-0.1, -0.05) is 13.8 Å². The molecule has 1 heterocycles. The van der Waals surface area contributed by atoms with Crippen LogP contribution in [0.15, 0.2) is 15.7 Å². The molecule has 21 heavy (non-hydrogen) atoms. The van der Waals surface area contributed by atoms with Crippen LogP contribution in [0.25, 0.3) is 0 Å². The van der Waals surface area contributed by atoms with Crippen molar-refractivity contribution in [3.05, 3.63) is 17.0 Å². The number of rotatable bonds is 7. The summed E-state index contributed by atoms with van der Waals surface area (Å²) in [6, 6.07) is 1.18. The lowest BCUT2D eigenvalue weighted by molar-refractivity contribution is -0.149. The zero-order valence-electron chi connectivity index (χ0n) is 11.8. The number of carboxylic acid groups (broad SMARTS) is 1. The van der Waals surface area contributed by atoms with Gasteiger partial charge in [0.05, 0.1) is 11.0 Å². The van der Waals surface area contributed by atoms with Crippen molar-refractivity contribution in [2.75, 3.05) is 6.54 Å². The number of carboxylic acids is 1. The van der Waals surface area contributed by atoms with Gasteiger partial charge in [-0.25, -0.2) is 13.6 Å². The Hall–Kier alpha value is -1.45. The lowest BCUT2D eigenvalue weighted by Crippen LogP contribution is -2.42. The molecule has 0 saturated heterocycles. The van der Waals surface area contributed by atoms with E-state index in [1.165, 1.54) is 11.4 Å². The third-order valence-corrected chi connectivity index (χ3v) is 5.90. The Balaban J connectivity index is 2.83. The molecule has 0 atom stereocenters. The van der Waals surface area contributed by atoms with E-state index in [1.807, 2.05) is 0 Å². The molecule has 1 amide bonds. The summed E-state index contributed by atoms with van der Waals surface area (Å²) in [7, 11) is -3.84. The van der Waals surface area contributed by atoms with Crippen LogP contribution in [0.2, 0.25) is 0 Å². The fraction of sp³-hybridized carbons (Fsp3) is 0.500. The molecule has 7 nitrogen and oxygen atoms in total. The normalized spacial score (nSPS) is 12.1. The number of hydrogen-bond donors (Lipinski definition) is 3. The first kappa shape index (κ1) is 17.6. The van der Waals surface area contributed by atoms with Crippen molar-refractivity contribution < 1.29 is 23.1 Å². The van der Waals surface area contributed by atoms with E-state index < -0.39 is 27.3 Å². The van der Waals surface area contributed by atoms with E-state index in [-0.39, 0.29) is 16.3 Å². The molecule has 0 spiro atoms. The summed E-state index contributed by atoms with van der Waals surface area (Å²) < 4.78 is 22.2. The quantitative estimate of drug-likeness (QED) is 0.686. The summed E-state index contributed by atoms with van der Waals surface area (Å²) in [5.74, 6) is -1.49. The maximum absolute atomic E-state index is 12.0. The average Bonchev–Trinajstić information content (AvgIpc) is 2.89. The molecule has 0 saturated carbocycles. The first-order valence-electron chi connectivity index (χ1n) is 6.29. The molecule has 9 heteroatoms. The van der Waals surface area contributed by atoms with Crippen molar-refractivity contribution in [2.45, 2.75) is 30.9 Å². The van der Waals surface area contributed by atoms with Gasteiger partial charge in [-0.05, 0) is 18.9 Å². The van der Waals surface area contributed by atoms with Crippen LogP contribution in [0.5, 0.6) is 0 Å². The van der Waals surface area contributed by atoms with Crippen LogP contribution in [0.4, 0.5) is 0 Å². The van der Waals surface area contributed by atoms with Crippen molar-refractivity contribution in [3.8, 4) is 0 Å². The second-order valence-corrected chi connectivity index (χ2v) is 7.37. The van der Waals surface area contributed by atoms with E-state index in [0.29, 0.717) is 12.8 Å². The monoisotopic (exact) mass is 334 g/mol. The zero-order chi connectivity index (χ0) is 16.3. The highest BCUT2D eigenvalue weighted by Gasteiger charge is 2.35. The van der Waals surface area contributed by atoms with Gasteiger partial charge in [0.2, 0.25) is 10.0 Å². The number of amides is 1. The number of hydrogen-bond acceptors (Lipinski definition) is 5. The van der Waals surface area contributed by atoms with E-state index >= 15 is 0 Å². The smallest absolute Gasteiger partial charge is 0.311 e. The lowest BCUT2D eigenvalue weighted by atomic mass is 9.82. The molecule has 1 rings (SSSR count). The Morgan fingerprint density at radius 2 is 1.95 bits per heavy atom. The van der Waals surface area contributed by atoms with Crippen LogP contribution < -0.4 is 10.5 Å². The number of carbonyl (C=O) groups is 2. The maximum Gasteiger partial charge on any atom is 0.311 e. The van der Waals surface area contributed by atoms with E-state index in [2.05, 4.69) is 5.32 Å². The predicted molar refractivity (Wildman–Crippen MR) is 78.7 cm³/mol. The van der Waals surface area contributed by atoms with Gasteiger partial charge < -0.3 is 10.4 Å². The summed E-state index contributed by atoms with van der Waals surface area (Å²) in [4.78, 5) is 23.3. The van der Waals surface area contributed by atoms with Crippen LogP contribution >= 0.6 is 11.3 Å². The van der Waals surface area contributed by atoms with Crippen molar-refractivity contribution in [1.82, 2.24) is 5.32 Å². The summed E-state index contributed by atoms with van der Waals surface area (Å²) in [6.07, 6.45) is 0.760. The molecule has 0 bridgehead atoms. The number of aliphatic carboxylic acids is 1. The van der Waals surface area contributed by atoms with E-state index in [0.717, 1.165) is 11.3 Å².